The maximum Gasteiger partial charge on any atom is 0.112 e. The molecule has 4 nitrogen and oxygen atoms in total. The summed E-state index contributed by atoms with van der Waals surface area (Å²) in [6.07, 6.45) is 7.15. The predicted octanol–water partition coefficient (Wildman–Crippen LogP) is 3.84. The molecule has 0 aromatic carbocycles. The number of pyridine rings is 3. The van der Waals surface area contributed by atoms with Gasteiger partial charge in [-0.25, -0.2) is 0 Å². The molecule has 0 saturated carbocycles. The Morgan fingerprint density at radius 3 is 2.84 bits per heavy atom. The summed E-state index contributed by atoms with van der Waals surface area (Å²) in [5.41, 5.74) is 4.66. The minimum Gasteiger partial charge on any atom is -0.352 e. The summed E-state index contributed by atoms with van der Waals surface area (Å²) in [5.74, 6) is 0. The first-order valence-corrected chi connectivity index (χ1v) is 6.60. The Kier molecular flexibility index (Phi) is 3.13. The second-order valence-corrected chi connectivity index (χ2v) is 5.17. The average Bonchev–Trinajstić information content (AvgIpc) is 2.38. The van der Waals surface area contributed by atoms with Crippen molar-refractivity contribution >= 4 is 38.3 Å². The number of fused-ring (bicyclic) bond motifs is 1. The molecular formula is C14H11BrN4. The third kappa shape index (κ3) is 2.56. The third-order valence-corrected chi connectivity index (χ3v) is 3.13. The van der Waals surface area contributed by atoms with E-state index in [9.17, 15) is 0 Å². The standard InChI is InChI=1S/C14H11BrN4/c1-9-4-11(8-16-6-9)19-12-2-3-17-13-5-10(15)7-18-14(12)13/h2-8H,1H3,(H,17,19). The van der Waals surface area contributed by atoms with E-state index < -0.39 is 0 Å². The van der Waals surface area contributed by atoms with Crippen molar-refractivity contribution < 1.29 is 0 Å². The molecular weight excluding hydrogens is 304 g/mol. The number of rotatable bonds is 2. The van der Waals surface area contributed by atoms with Crippen molar-refractivity contribution in [2.24, 2.45) is 0 Å². The van der Waals surface area contributed by atoms with Crippen LogP contribution in [0, 0.1) is 6.92 Å². The Bertz CT molecular complexity index is 742. The molecule has 0 aliphatic heterocycles. The van der Waals surface area contributed by atoms with Crippen LogP contribution in [-0.2, 0) is 0 Å². The Morgan fingerprint density at radius 2 is 2.00 bits per heavy atom. The van der Waals surface area contributed by atoms with Crippen molar-refractivity contribution in [1.29, 1.82) is 0 Å². The van der Waals surface area contributed by atoms with Crippen molar-refractivity contribution in [2.45, 2.75) is 6.92 Å². The molecule has 0 amide bonds. The first-order valence-electron chi connectivity index (χ1n) is 5.81. The second-order valence-electron chi connectivity index (χ2n) is 4.26. The molecule has 0 aliphatic carbocycles. The van der Waals surface area contributed by atoms with E-state index in [1.165, 1.54) is 0 Å². The molecule has 0 bridgehead atoms. The largest absolute Gasteiger partial charge is 0.352 e. The SMILES string of the molecule is Cc1cncc(Nc2ccnc3cc(Br)cnc23)c1. The lowest BCUT2D eigenvalue weighted by Crippen LogP contribution is -1.95. The lowest BCUT2D eigenvalue weighted by atomic mass is 10.2. The summed E-state index contributed by atoms with van der Waals surface area (Å²) >= 11 is 3.40. The van der Waals surface area contributed by atoms with Crippen molar-refractivity contribution in [3.63, 3.8) is 0 Å². The summed E-state index contributed by atoms with van der Waals surface area (Å²) in [4.78, 5) is 12.9. The molecule has 5 heteroatoms. The molecule has 0 unspecified atom stereocenters. The van der Waals surface area contributed by atoms with Crippen LogP contribution < -0.4 is 5.32 Å². The van der Waals surface area contributed by atoms with Gasteiger partial charge in [-0.15, -0.1) is 0 Å². The van der Waals surface area contributed by atoms with Crippen molar-refractivity contribution in [3.8, 4) is 0 Å². The Morgan fingerprint density at radius 1 is 1.11 bits per heavy atom. The molecule has 3 rings (SSSR count). The molecule has 3 heterocycles. The van der Waals surface area contributed by atoms with Crippen molar-refractivity contribution in [3.05, 3.63) is 53.0 Å². The lowest BCUT2D eigenvalue weighted by molar-refractivity contribution is 1.26. The molecule has 1 N–H and O–H groups in total. The summed E-state index contributed by atoms with van der Waals surface area (Å²) in [5, 5.41) is 3.33. The molecule has 0 saturated heterocycles. The molecule has 3 aromatic rings. The van der Waals surface area contributed by atoms with Gasteiger partial charge in [-0.1, -0.05) is 0 Å². The molecule has 0 aliphatic rings. The number of nitrogens with one attached hydrogen (secondary N) is 1. The average molecular weight is 315 g/mol. The molecule has 3 aromatic heterocycles. The van der Waals surface area contributed by atoms with Gasteiger partial charge in [0.2, 0.25) is 0 Å². The molecule has 19 heavy (non-hydrogen) atoms. The number of hydrogen-bond donors (Lipinski definition) is 1. The van der Waals surface area contributed by atoms with Gasteiger partial charge in [-0.3, -0.25) is 15.0 Å². The fourth-order valence-electron chi connectivity index (χ4n) is 1.89. The summed E-state index contributed by atoms with van der Waals surface area (Å²) in [6.45, 7) is 2.01. The minimum absolute atomic E-state index is 0.840. The fourth-order valence-corrected chi connectivity index (χ4v) is 2.20. The van der Waals surface area contributed by atoms with E-state index in [0.29, 0.717) is 0 Å². The van der Waals surface area contributed by atoms with Crippen molar-refractivity contribution in [1.82, 2.24) is 15.0 Å². The van der Waals surface area contributed by atoms with Gasteiger partial charge < -0.3 is 5.32 Å². The Hall–Kier alpha value is -2.01. The maximum atomic E-state index is 4.41. The van der Waals surface area contributed by atoms with Crippen LogP contribution in [0.25, 0.3) is 11.0 Å². The van der Waals surface area contributed by atoms with Crippen LogP contribution in [-0.4, -0.2) is 15.0 Å². The van der Waals surface area contributed by atoms with Gasteiger partial charge in [0.25, 0.3) is 0 Å². The molecule has 94 valence electrons. The van der Waals surface area contributed by atoms with Crippen LogP contribution in [0.4, 0.5) is 11.4 Å². The van der Waals surface area contributed by atoms with Gasteiger partial charge in [0.1, 0.15) is 5.52 Å². The zero-order valence-corrected chi connectivity index (χ0v) is 11.8. The van der Waals surface area contributed by atoms with Gasteiger partial charge in [0.15, 0.2) is 0 Å². The Balaban J connectivity index is 2.06. The summed E-state index contributed by atoms with van der Waals surface area (Å²) in [7, 11) is 0. The van der Waals surface area contributed by atoms with Crippen LogP contribution >= 0.6 is 15.9 Å². The maximum absolute atomic E-state index is 4.41. The lowest BCUT2D eigenvalue weighted by Gasteiger charge is -2.09. The number of nitrogens with zero attached hydrogens (tertiary/aromatic N) is 3. The van der Waals surface area contributed by atoms with Gasteiger partial charge in [0, 0.05) is 23.1 Å². The van der Waals surface area contributed by atoms with E-state index in [-0.39, 0.29) is 0 Å². The summed E-state index contributed by atoms with van der Waals surface area (Å²) < 4.78 is 0.918. The normalized spacial score (nSPS) is 10.6. The number of anilines is 2. The van der Waals surface area contributed by atoms with Gasteiger partial charge in [0.05, 0.1) is 23.1 Å². The highest BCUT2D eigenvalue weighted by atomic mass is 79.9. The highest BCUT2D eigenvalue weighted by Crippen LogP contribution is 2.25. The minimum atomic E-state index is 0.840. The first-order chi connectivity index (χ1) is 9.22. The zero-order chi connectivity index (χ0) is 13.2. The number of aryl methyl sites for hydroxylation is 1. The van der Waals surface area contributed by atoms with E-state index in [4.69, 9.17) is 0 Å². The summed E-state index contributed by atoms with van der Waals surface area (Å²) in [6, 6.07) is 5.89. The monoisotopic (exact) mass is 314 g/mol. The highest BCUT2D eigenvalue weighted by Gasteiger charge is 2.04. The number of aromatic nitrogens is 3. The zero-order valence-electron chi connectivity index (χ0n) is 10.3. The topological polar surface area (TPSA) is 50.7 Å². The van der Waals surface area contributed by atoms with Crippen molar-refractivity contribution in [2.75, 3.05) is 5.32 Å². The third-order valence-electron chi connectivity index (χ3n) is 2.70. The van der Waals surface area contributed by atoms with Gasteiger partial charge in [-0.2, -0.15) is 0 Å². The van der Waals surface area contributed by atoms with Crippen LogP contribution in [0.2, 0.25) is 0 Å². The Labute approximate surface area is 119 Å². The molecule has 0 spiro atoms. The number of halogens is 1. The number of hydrogen-bond acceptors (Lipinski definition) is 4. The molecule has 0 fully saturated rings. The fraction of sp³-hybridized carbons (Fsp3) is 0.0714. The van der Waals surface area contributed by atoms with Crippen LogP contribution in [0.5, 0.6) is 0 Å². The van der Waals surface area contributed by atoms with E-state index >= 15 is 0 Å². The van der Waals surface area contributed by atoms with E-state index in [0.717, 1.165) is 32.4 Å². The second kappa shape index (κ2) is 4.93. The van der Waals surface area contributed by atoms with Crippen LogP contribution in [0.1, 0.15) is 5.56 Å². The molecule has 0 atom stereocenters. The van der Waals surface area contributed by atoms with Gasteiger partial charge in [-0.05, 0) is 46.6 Å². The van der Waals surface area contributed by atoms with Gasteiger partial charge >= 0.3 is 0 Å². The van der Waals surface area contributed by atoms with E-state index in [1.54, 1.807) is 18.6 Å². The van der Waals surface area contributed by atoms with Crippen LogP contribution in [0.3, 0.4) is 0 Å². The van der Waals surface area contributed by atoms with Crippen LogP contribution in [0.15, 0.2) is 47.5 Å². The first kappa shape index (κ1) is 12.0. The molecule has 0 radical (unpaired) electrons. The highest BCUT2D eigenvalue weighted by molar-refractivity contribution is 9.10. The van der Waals surface area contributed by atoms with E-state index in [2.05, 4.69) is 36.2 Å². The van der Waals surface area contributed by atoms with E-state index in [1.807, 2.05) is 31.3 Å². The smallest absolute Gasteiger partial charge is 0.112 e. The quantitative estimate of drug-likeness (QED) is 0.780. The predicted molar refractivity (Wildman–Crippen MR) is 79.5 cm³/mol.